The third-order valence-electron chi connectivity index (χ3n) is 3.53. The summed E-state index contributed by atoms with van der Waals surface area (Å²) in [4.78, 5) is 13.1. The van der Waals surface area contributed by atoms with E-state index in [9.17, 15) is 4.79 Å². The van der Waals surface area contributed by atoms with Crippen LogP contribution in [0.1, 0.15) is 37.3 Å². The summed E-state index contributed by atoms with van der Waals surface area (Å²) in [6.07, 6.45) is 1.50. The zero-order valence-corrected chi connectivity index (χ0v) is 10.4. The van der Waals surface area contributed by atoms with E-state index < -0.39 is 5.97 Å². The number of carboxylic acids is 1. The molecule has 1 saturated heterocycles. The molecule has 1 fully saturated rings. The third kappa shape index (κ3) is 2.31. The number of rotatable bonds is 4. The Labute approximate surface area is 100 Å². The SMILES string of the molecule is CC(C)C(C)N1CC(n2cc(C(=O)O)nn2)C1. The Morgan fingerprint density at radius 2 is 2.12 bits per heavy atom. The van der Waals surface area contributed by atoms with E-state index in [1.807, 2.05) is 0 Å². The maximum atomic E-state index is 10.7. The van der Waals surface area contributed by atoms with Gasteiger partial charge in [-0.15, -0.1) is 5.10 Å². The Bertz CT molecular complexity index is 409. The molecule has 17 heavy (non-hydrogen) atoms. The molecule has 2 rings (SSSR count). The lowest BCUT2D eigenvalue weighted by atomic mass is 9.98. The maximum absolute atomic E-state index is 10.7. The second-order valence-electron chi connectivity index (χ2n) is 4.98. The molecule has 94 valence electrons. The van der Waals surface area contributed by atoms with Crippen LogP contribution >= 0.6 is 0 Å². The monoisotopic (exact) mass is 238 g/mol. The average molecular weight is 238 g/mol. The van der Waals surface area contributed by atoms with Gasteiger partial charge in [0.1, 0.15) is 0 Å². The number of aromatic nitrogens is 3. The zero-order valence-electron chi connectivity index (χ0n) is 10.4. The smallest absolute Gasteiger partial charge is 0.358 e. The molecule has 2 heterocycles. The molecule has 1 aliphatic rings. The van der Waals surface area contributed by atoms with E-state index in [1.165, 1.54) is 6.20 Å². The number of carboxylic acid groups (broad SMARTS) is 1. The number of likely N-dealkylation sites (tertiary alicyclic amines) is 1. The predicted octanol–water partition coefficient (Wildman–Crippen LogP) is 0.877. The van der Waals surface area contributed by atoms with Crippen LogP contribution in [0.5, 0.6) is 0 Å². The molecule has 0 radical (unpaired) electrons. The first kappa shape index (κ1) is 12.0. The number of hydrogen-bond donors (Lipinski definition) is 1. The van der Waals surface area contributed by atoms with Crippen LogP contribution in [0.2, 0.25) is 0 Å². The van der Waals surface area contributed by atoms with Gasteiger partial charge in [0.25, 0.3) is 0 Å². The van der Waals surface area contributed by atoms with Gasteiger partial charge in [0.05, 0.1) is 12.2 Å². The van der Waals surface area contributed by atoms with Crippen molar-refractivity contribution in [1.29, 1.82) is 0 Å². The lowest BCUT2D eigenvalue weighted by Crippen LogP contribution is -2.53. The molecular weight excluding hydrogens is 220 g/mol. The van der Waals surface area contributed by atoms with E-state index in [-0.39, 0.29) is 11.7 Å². The fourth-order valence-corrected chi connectivity index (χ4v) is 1.96. The lowest BCUT2D eigenvalue weighted by molar-refractivity contribution is 0.0399. The normalized spacial score (nSPS) is 19.3. The molecular formula is C11H18N4O2. The van der Waals surface area contributed by atoms with Gasteiger partial charge in [-0.3, -0.25) is 4.90 Å². The predicted molar refractivity (Wildman–Crippen MR) is 61.9 cm³/mol. The molecule has 1 unspecified atom stereocenters. The van der Waals surface area contributed by atoms with Gasteiger partial charge in [-0.25, -0.2) is 9.48 Å². The maximum Gasteiger partial charge on any atom is 0.358 e. The van der Waals surface area contributed by atoms with Crippen LogP contribution in [0.25, 0.3) is 0 Å². The van der Waals surface area contributed by atoms with E-state index in [0.29, 0.717) is 12.0 Å². The number of nitrogens with zero attached hydrogens (tertiary/aromatic N) is 4. The minimum atomic E-state index is -1.03. The van der Waals surface area contributed by atoms with Gasteiger partial charge in [-0.2, -0.15) is 0 Å². The van der Waals surface area contributed by atoms with Crippen molar-refractivity contribution in [3.05, 3.63) is 11.9 Å². The van der Waals surface area contributed by atoms with E-state index in [0.717, 1.165) is 13.1 Å². The highest BCUT2D eigenvalue weighted by Crippen LogP contribution is 2.25. The van der Waals surface area contributed by atoms with Gasteiger partial charge in [0, 0.05) is 19.1 Å². The zero-order chi connectivity index (χ0) is 12.6. The van der Waals surface area contributed by atoms with Crippen molar-refractivity contribution in [2.24, 2.45) is 5.92 Å². The molecule has 0 spiro atoms. The van der Waals surface area contributed by atoms with Crippen molar-refractivity contribution in [2.75, 3.05) is 13.1 Å². The Morgan fingerprint density at radius 3 is 2.59 bits per heavy atom. The summed E-state index contributed by atoms with van der Waals surface area (Å²) in [5.41, 5.74) is 0.0142. The first-order valence-corrected chi connectivity index (χ1v) is 5.88. The third-order valence-corrected chi connectivity index (χ3v) is 3.53. The first-order valence-electron chi connectivity index (χ1n) is 5.88. The highest BCUT2D eigenvalue weighted by Gasteiger charge is 2.33. The molecule has 0 aromatic carbocycles. The Morgan fingerprint density at radius 1 is 1.47 bits per heavy atom. The summed E-state index contributed by atoms with van der Waals surface area (Å²) in [5, 5.41) is 16.2. The van der Waals surface area contributed by atoms with Crippen molar-refractivity contribution < 1.29 is 9.90 Å². The van der Waals surface area contributed by atoms with Gasteiger partial charge in [-0.1, -0.05) is 19.1 Å². The van der Waals surface area contributed by atoms with Crippen molar-refractivity contribution in [3.8, 4) is 0 Å². The minimum absolute atomic E-state index is 0.0142. The van der Waals surface area contributed by atoms with Crippen molar-refractivity contribution in [2.45, 2.75) is 32.9 Å². The molecule has 1 aromatic rings. The molecule has 1 N–H and O–H groups in total. The fraction of sp³-hybridized carbons (Fsp3) is 0.727. The molecule has 6 nitrogen and oxygen atoms in total. The highest BCUT2D eigenvalue weighted by molar-refractivity contribution is 5.84. The van der Waals surface area contributed by atoms with E-state index in [1.54, 1.807) is 4.68 Å². The van der Waals surface area contributed by atoms with E-state index in [4.69, 9.17) is 5.11 Å². The van der Waals surface area contributed by atoms with Crippen LogP contribution in [-0.4, -0.2) is 50.1 Å². The lowest BCUT2D eigenvalue weighted by Gasteiger charge is -2.44. The molecule has 1 atom stereocenters. The van der Waals surface area contributed by atoms with Gasteiger partial charge < -0.3 is 5.11 Å². The summed E-state index contributed by atoms with van der Waals surface area (Å²) in [6, 6.07) is 0.811. The number of hydrogen-bond acceptors (Lipinski definition) is 4. The molecule has 0 aliphatic carbocycles. The quantitative estimate of drug-likeness (QED) is 0.843. The first-order chi connectivity index (χ1) is 7.99. The average Bonchev–Trinajstić information content (AvgIpc) is 2.64. The van der Waals surface area contributed by atoms with Gasteiger partial charge >= 0.3 is 5.97 Å². The van der Waals surface area contributed by atoms with Crippen molar-refractivity contribution in [3.63, 3.8) is 0 Å². The Balaban J connectivity index is 1.93. The topological polar surface area (TPSA) is 71.2 Å². The van der Waals surface area contributed by atoms with Crippen LogP contribution in [0.15, 0.2) is 6.20 Å². The van der Waals surface area contributed by atoms with Crippen LogP contribution < -0.4 is 0 Å². The molecule has 1 aliphatic heterocycles. The molecule has 0 bridgehead atoms. The molecule has 0 saturated carbocycles. The van der Waals surface area contributed by atoms with Crippen LogP contribution in [0, 0.1) is 5.92 Å². The van der Waals surface area contributed by atoms with Crippen molar-refractivity contribution in [1.82, 2.24) is 19.9 Å². The van der Waals surface area contributed by atoms with Gasteiger partial charge in [-0.05, 0) is 12.8 Å². The summed E-state index contributed by atoms with van der Waals surface area (Å²) < 4.78 is 1.66. The van der Waals surface area contributed by atoms with E-state index in [2.05, 4.69) is 36.0 Å². The molecule has 6 heteroatoms. The minimum Gasteiger partial charge on any atom is -0.476 e. The fourth-order valence-electron chi connectivity index (χ4n) is 1.96. The van der Waals surface area contributed by atoms with Crippen molar-refractivity contribution >= 4 is 5.97 Å². The summed E-state index contributed by atoms with van der Waals surface area (Å²) in [7, 11) is 0. The summed E-state index contributed by atoms with van der Waals surface area (Å²) in [6.45, 7) is 8.46. The molecule has 0 amide bonds. The number of aromatic carboxylic acids is 1. The summed E-state index contributed by atoms with van der Waals surface area (Å²) in [5.74, 6) is -0.399. The standard InChI is InChI=1S/C11H18N4O2/c1-7(2)8(3)14-4-9(5-14)15-6-10(11(16)17)12-13-15/h6-9H,4-5H2,1-3H3,(H,16,17). The Kier molecular flexibility index (Phi) is 3.15. The second kappa shape index (κ2) is 4.44. The molecule has 1 aromatic heterocycles. The summed E-state index contributed by atoms with van der Waals surface area (Å²) >= 11 is 0. The van der Waals surface area contributed by atoms with E-state index >= 15 is 0 Å². The number of carbonyl (C=O) groups is 1. The highest BCUT2D eigenvalue weighted by atomic mass is 16.4. The van der Waals surface area contributed by atoms with Crippen LogP contribution in [0.3, 0.4) is 0 Å². The van der Waals surface area contributed by atoms with Crippen LogP contribution in [-0.2, 0) is 0 Å². The second-order valence-corrected chi connectivity index (χ2v) is 4.98. The largest absolute Gasteiger partial charge is 0.476 e. The van der Waals surface area contributed by atoms with Crippen LogP contribution in [0.4, 0.5) is 0 Å². The van der Waals surface area contributed by atoms with Gasteiger partial charge in [0.2, 0.25) is 0 Å². The Hall–Kier alpha value is -1.43. The van der Waals surface area contributed by atoms with Gasteiger partial charge in [0.15, 0.2) is 5.69 Å².